The summed E-state index contributed by atoms with van der Waals surface area (Å²) in [7, 11) is 1.63. The molecule has 27 heavy (non-hydrogen) atoms. The Labute approximate surface area is 162 Å². The van der Waals surface area contributed by atoms with Crippen molar-refractivity contribution in [2.75, 3.05) is 31.6 Å². The Morgan fingerprint density at radius 2 is 1.81 bits per heavy atom. The van der Waals surface area contributed by atoms with E-state index in [0.29, 0.717) is 35.0 Å². The summed E-state index contributed by atoms with van der Waals surface area (Å²) in [6, 6.07) is 6.49. The van der Waals surface area contributed by atoms with Crippen LogP contribution in [0.25, 0.3) is 0 Å². The molecule has 0 atom stereocenters. The van der Waals surface area contributed by atoms with Gasteiger partial charge in [0.05, 0.1) is 5.56 Å². The molecule has 0 spiro atoms. The average Bonchev–Trinajstić information content (AvgIpc) is 2.93. The third-order valence-electron chi connectivity index (χ3n) is 4.41. The van der Waals surface area contributed by atoms with Crippen LogP contribution >= 0.6 is 11.3 Å². The predicted octanol–water partition coefficient (Wildman–Crippen LogP) is 2.51. The summed E-state index contributed by atoms with van der Waals surface area (Å²) in [5, 5.41) is 2.74. The molecule has 2 rings (SSSR count). The van der Waals surface area contributed by atoms with E-state index in [9.17, 15) is 14.4 Å². The number of benzene rings is 1. The van der Waals surface area contributed by atoms with Crippen molar-refractivity contribution in [3.05, 3.63) is 50.1 Å². The Hall–Kier alpha value is -2.45. The van der Waals surface area contributed by atoms with Crippen LogP contribution in [-0.2, 0) is 11.8 Å². The third kappa shape index (κ3) is 5.27. The van der Waals surface area contributed by atoms with Gasteiger partial charge < -0.3 is 19.5 Å². The molecule has 7 nitrogen and oxygen atoms in total. The second kappa shape index (κ2) is 9.48. The van der Waals surface area contributed by atoms with Crippen LogP contribution in [0.2, 0.25) is 0 Å². The maximum atomic E-state index is 12.3. The van der Waals surface area contributed by atoms with Gasteiger partial charge in [-0.25, -0.2) is 4.79 Å². The largest absolute Gasteiger partial charge is 0.461 e. The number of thiazole rings is 1. The van der Waals surface area contributed by atoms with Gasteiger partial charge in [-0.2, -0.15) is 0 Å². The van der Waals surface area contributed by atoms with Crippen molar-refractivity contribution in [1.82, 2.24) is 9.47 Å². The topological polar surface area (TPSA) is 80.6 Å². The van der Waals surface area contributed by atoms with E-state index in [0.717, 1.165) is 24.4 Å². The van der Waals surface area contributed by atoms with Crippen LogP contribution in [0.15, 0.2) is 29.1 Å². The number of hydrogen-bond donors (Lipinski definition) is 1. The normalized spacial score (nSPS) is 10.9. The highest BCUT2D eigenvalue weighted by Gasteiger charge is 2.16. The lowest BCUT2D eigenvalue weighted by Crippen LogP contribution is -2.27. The predicted molar refractivity (Wildman–Crippen MR) is 107 cm³/mol. The first kappa shape index (κ1) is 20.9. The summed E-state index contributed by atoms with van der Waals surface area (Å²) < 4.78 is 6.72. The molecule has 146 valence electrons. The zero-order valence-corrected chi connectivity index (χ0v) is 16.9. The van der Waals surface area contributed by atoms with Crippen molar-refractivity contribution in [3.8, 4) is 0 Å². The lowest BCUT2D eigenvalue weighted by Gasteiger charge is -2.17. The fraction of sp³-hybridized carbons (Fsp3) is 0.421. The molecule has 1 heterocycles. The van der Waals surface area contributed by atoms with Crippen molar-refractivity contribution in [2.24, 2.45) is 7.05 Å². The molecule has 0 unspecified atom stereocenters. The number of carbonyl (C=O) groups is 2. The van der Waals surface area contributed by atoms with E-state index in [1.165, 1.54) is 4.57 Å². The summed E-state index contributed by atoms with van der Waals surface area (Å²) in [6.07, 6.45) is 0. The van der Waals surface area contributed by atoms with Crippen molar-refractivity contribution >= 4 is 28.9 Å². The molecule has 0 fully saturated rings. The van der Waals surface area contributed by atoms with Crippen LogP contribution < -0.4 is 10.2 Å². The highest BCUT2D eigenvalue weighted by atomic mass is 32.1. The number of amides is 1. The molecular formula is C19H25N3O4S. The Bertz CT molecular complexity index is 851. The molecule has 0 saturated carbocycles. The van der Waals surface area contributed by atoms with Gasteiger partial charge in [0.25, 0.3) is 5.91 Å². The highest BCUT2D eigenvalue weighted by Crippen LogP contribution is 2.15. The van der Waals surface area contributed by atoms with Gasteiger partial charge in [0, 0.05) is 25.0 Å². The van der Waals surface area contributed by atoms with Gasteiger partial charge in [-0.05, 0) is 44.3 Å². The van der Waals surface area contributed by atoms with E-state index >= 15 is 0 Å². The smallest absolute Gasteiger partial charge is 0.338 e. The van der Waals surface area contributed by atoms with Crippen LogP contribution in [0, 0.1) is 6.92 Å². The maximum Gasteiger partial charge on any atom is 0.338 e. The standard InChI is InChI=1S/C19H25N3O4S/c1-5-22(6-2)11-12-26-18(24)14-7-9-15(10-8-14)20-17(23)16-13(3)21(4)19(25)27-16/h7-10H,5-6,11-12H2,1-4H3,(H,20,23). The van der Waals surface area contributed by atoms with Crippen LogP contribution in [0.4, 0.5) is 5.69 Å². The molecule has 0 aliphatic carbocycles. The van der Waals surface area contributed by atoms with Gasteiger partial charge in [-0.15, -0.1) is 0 Å². The van der Waals surface area contributed by atoms with Gasteiger partial charge in [0.1, 0.15) is 11.5 Å². The van der Waals surface area contributed by atoms with E-state index < -0.39 is 5.97 Å². The number of nitrogens with zero attached hydrogens (tertiary/aromatic N) is 2. The first-order valence-electron chi connectivity index (χ1n) is 8.84. The second-order valence-corrected chi connectivity index (χ2v) is 7.00. The summed E-state index contributed by atoms with van der Waals surface area (Å²) in [5.74, 6) is -0.734. The summed E-state index contributed by atoms with van der Waals surface area (Å²) in [4.78, 5) is 38.4. The number of carbonyl (C=O) groups excluding carboxylic acids is 2. The Morgan fingerprint density at radius 1 is 1.19 bits per heavy atom. The highest BCUT2D eigenvalue weighted by molar-refractivity contribution is 7.11. The zero-order chi connectivity index (χ0) is 20.0. The van der Waals surface area contributed by atoms with Crippen LogP contribution in [0.3, 0.4) is 0 Å². The SMILES string of the molecule is CCN(CC)CCOC(=O)c1ccc(NC(=O)c2sc(=O)n(C)c2C)cc1. The van der Waals surface area contributed by atoms with E-state index in [4.69, 9.17) is 4.74 Å². The first-order valence-corrected chi connectivity index (χ1v) is 9.66. The fourth-order valence-corrected chi connectivity index (χ4v) is 3.37. The number of nitrogens with one attached hydrogen (secondary N) is 1. The molecule has 2 aromatic rings. The molecule has 1 aromatic carbocycles. The number of likely N-dealkylation sites (N-methyl/N-ethyl adjacent to an activating group) is 1. The maximum absolute atomic E-state index is 12.3. The van der Waals surface area contributed by atoms with Gasteiger partial charge in [0.15, 0.2) is 0 Å². The lowest BCUT2D eigenvalue weighted by molar-refractivity contribution is 0.0466. The Morgan fingerprint density at radius 3 is 2.33 bits per heavy atom. The number of anilines is 1. The third-order valence-corrected chi connectivity index (χ3v) is 5.55. The number of rotatable bonds is 8. The monoisotopic (exact) mass is 391 g/mol. The molecule has 1 N–H and O–H groups in total. The minimum Gasteiger partial charge on any atom is -0.461 e. The molecule has 8 heteroatoms. The van der Waals surface area contributed by atoms with Gasteiger partial charge in [-0.1, -0.05) is 25.2 Å². The first-order chi connectivity index (χ1) is 12.9. The summed E-state index contributed by atoms with van der Waals surface area (Å²) in [6.45, 7) is 8.72. The van der Waals surface area contributed by atoms with Crippen molar-refractivity contribution in [1.29, 1.82) is 0 Å². The molecule has 0 aliphatic heterocycles. The van der Waals surface area contributed by atoms with E-state index in [2.05, 4.69) is 24.1 Å². The number of hydrogen-bond acceptors (Lipinski definition) is 6. The fourth-order valence-electron chi connectivity index (χ4n) is 2.50. The quantitative estimate of drug-likeness (QED) is 0.700. The molecule has 1 aromatic heterocycles. The second-order valence-electron chi connectivity index (χ2n) is 6.04. The Kier molecular flexibility index (Phi) is 7.32. The van der Waals surface area contributed by atoms with E-state index in [1.807, 2.05) is 0 Å². The van der Waals surface area contributed by atoms with Gasteiger partial charge >= 0.3 is 10.8 Å². The average molecular weight is 391 g/mol. The van der Waals surface area contributed by atoms with Crippen LogP contribution in [0.5, 0.6) is 0 Å². The van der Waals surface area contributed by atoms with Gasteiger partial charge in [-0.3, -0.25) is 9.59 Å². The molecule has 1 amide bonds. The zero-order valence-electron chi connectivity index (χ0n) is 16.1. The van der Waals surface area contributed by atoms with Crippen molar-refractivity contribution in [3.63, 3.8) is 0 Å². The van der Waals surface area contributed by atoms with Crippen LogP contribution in [-0.4, -0.2) is 47.6 Å². The molecular weight excluding hydrogens is 366 g/mol. The Balaban J connectivity index is 1.94. The summed E-state index contributed by atoms with van der Waals surface area (Å²) in [5.41, 5.74) is 1.59. The molecule has 0 radical (unpaired) electrons. The molecule has 0 saturated heterocycles. The van der Waals surface area contributed by atoms with Crippen molar-refractivity contribution < 1.29 is 14.3 Å². The van der Waals surface area contributed by atoms with Gasteiger partial charge in [0.2, 0.25) is 0 Å². The molecule has 0 bridgehead atoms. The van der Waals surface area contributed by atoms with Crippen LogP contribution in [0.1, 0.15) is 39.6 Å². The number of esters is 1. The molecule has 0 aliphatic rings. The van der Waals surface area contributed by atoms with E-state index in [1.54, 1.807) is 38.2 Å². The van der Waals surface area contributed by atoms with E-state index in [-0.39, 0.29) is 10.8 Å². The minimum atomic E-state index is -0.392. The summed E-state index contributed by atoms with van der Waals surface area (Å²) >= 11 is 0.909. The number of aromatic nitrogens is 1. The van der Waals surface area contributed by atoms with Crippen molar-refractivity contribution in [2.45, 2.75) is 20.8 Å². The number of ether oxygens (including phenoxy) is 1. The minimum absolute atomic E-state index is 0.180. The lowest BCUT2D eigenvalue weighted by atomic mass is 10.2.